The monoisotopic (exact) mass is 423 g/mol. The third-order valence-electron chi connectivity index (χ3n) is 6.22. The Balaban J connectivity index is 1.41. The number of benzene rings is 1. The molecule has 0 spiro atoms. The van der Waals surface area contributed by atoms with Crippen LogP contribution in [0.15, 0.2) is 30.5 Å². The fourth-order valence-corrected chi connectivity index (χ4v) is 4.63. The zero-order valence-electron chi connectivity index (χ0n) is 17.2. The van der Waals surface area contributed by atoms with Crippen LogP contribution in [0.2, 0.25) is 0 Å². The van der Waals surface area contributed by atoms with E-state index in [9.17, 15) is 18.0 Å². The number of amides is 1. The van der Waals surface area contributed by atoms with Gasteiger partial charge in [0.1, 0.15) is 18.4 Å². The first-order valence-electron chi connectivity index (χ1n) is 10.6. The number of rotatable bonds is 4. The molecule has 0 saturated carbocycles. The van der Waals surface area contributed by atoms with E-state index in [1.54, 1.807) is 18.2 Å². The van der Waals surface area contributed by atoms with Crippen molar-refractivity contribution in [3.8, 4) is 5.75 Å². The van der Waals surface area contributed by atoms with Gasteiger partial charge < -0.3 is 14.2 Å². The van der Waals surface area contributed by atoms with E-state index in [1.165, 1.54) is 10.8 Å². The van der Waals surface area contributed by atoms with E-state index in [0.717, 1.165) is 51.7 Å². The molecule has 3 heterocycles. The van der Waals surface area contributed by atoms with Gasteiger partial charge >= 0.3 is 6.18 Å². The van der Waals surface area contributed by atoms with Crippen LogP contribution in [-0.4, -0.2) is 65.3 Å². The number of nitrogens with zero attached hydrogens (tertiary/aromatic N) is 3. The summed E-state index contributed by atoms with van der Waals surface area (Å²) in [6.45, 7) is 1.40. The standard InChI is InChI=1S/C22H28F3N3O2/c1-26-11-3-2-5-19(21(26)29)27-12-8-16(9-13-27)30-20-7-4-6-18-17(20)10-14-28(18)15-22(23,24)25/h4,6-7,10,14,16,19H,2-3,5,8-9,11-13,15H2,1H3. The summed E-state index contributed by atoms with van der Waals surface area (Å²) in [5.74, 6) is 0.833. The molecule has 0 N–H and O–H groups in total. The van der Waals surface area contributed by atoms with Crippen molar-refractivity contribution in [3.63, 3.8) is 0 Å². The Hall–Kier alpha value is -2.22. The average Bonchev–Trinajstić information content (AvgIpc) is 3.02. The smallest absolute Gasteiger partial charge is 0.406 e. The van der Waals surface area contributed by atoms with Crippen LogP contribution in [0.5, 0.6) is 5.75 Å². The number of carbonyl (C=O) groups excluding carboxylic acids is 1. The number of alkyl halides is 3. The number of likely N-dealkylation sites (tertiary alicyclic amines) is 2. The van der Waals surface area contributed by atoms with Crippen molar-refractivity contribution in [2.45, 2.75) is 57.0 Å². The van der Waals surface area contributed by atoms with Gasteiger partial charge in [-0.25, -0.2) is 0 Å². The lowest BCUT2D eigenvalue weighted by molar-refractivity contribution is -0.140. The van der Waals surface area contributed by atoms with Gasteiger partial charge in [0.25, 0.3) is 0 Å². The summed E-state index contributed by atoms with van der Waals surface area (Å²) in [6, 6.07) is 6.88. The van der Waals surface area contributed by atoms with Gasteiger partial charge in [-0.1, -0.05) is 6.07 Å². The molecule has 1 amide bonds. The number of hydrogen-bond acceptors (Lipinski definition) is 3. The highest BCUT2D eigenvalue weighted by Gasteiger charge is 2.33. The lowest BCUT2D eigenvalue weighted by Crippen LogP contribution is -2.50. The maximum absolute atomic E-state index is 12.8. The fourth-order valence-electron chi connectivity index (χ4n) is 4.63. The van der Waals surface area contributed by atoms with Crippen LogP contribution >= 0.6 is 0 Å². The molecule has 8 heteroatoms. The molecular formula is C22H28F3N3O2. The molecule has 2 aromatic rings. The van der Waals surface area contributed by atoms with Crippen LogP contribution in [-0.2, 0) is 11.3 Å². The third kappa shape index (κ3) is 4.58. The summed E-state index contributed by atoms with van der Waals surface area (Å²) in [4.78, 5) is 16.7. The second-order valence-corrected chi connectivity index (χ2v) is 8.37. The zero-order chi connectivity index (χ0) is 21.3. The molecule has 30 heavy (non-hydrogen) atoms. The Morgan fingerprint density at radius 2 is 1.83 bits per heavy atom. The van der Waals surface area contributed by atoms with Crippen molar-refractivity contribution in [1.82, 2.24) is 14.4 Å². The molecule has 1 aromatic carbocycles. The Labute approximate surface area is 174 Å². The molecular weight excluding hydrogens is 395 g/mol. The highest BCUT2D eigenvalue weighted by molar-refractivity contribution is 5.86. The van der Waals surface area contributed by atoms with Crippen molar-refractivity contribution in [2.75, 3.05) is 26.7 Å². The number of aromatic nitrogens is 1. The molecule has 5 nitrogen and oxygen atoms in total. The van der Waals surface area contributed by atoms with Crippen LogP contribution in [0.25, 0.3) is 10.9 Å². The maximum atomic E-state index is 12.8. The molecule has 1 unspecified atom stereocenters. The predicted molar refractivity (Wildman–Crippen MR) is 108 cm³/mol. The molecule has 164 valence electrons. The number of ether oxygens (including phenoxy) is 1. The molecule has 2 aliphatic heterocycles. The van der Waals surface area contributed by atoms with E-state index in [4.69, 9.17) is 4.74 Å². The SMILES string of the molecule is CN1CCCCC(N2CCC(Oc3cccc4c3ccn4CC(F)(F)F)CC2)C1=O. The predicted octanol–water partition coefficient (Wildman–Crippen LogP) is 4.06. The van der Waals surface area contributed by atoms with E-state index >= 15 is 0 Å². The molecule has 2 aliphatic rings. The fraction of sp³-hybridized carbons (Fsp3) is 0.591. The Morgan fingerprint density at radius 3 is 2.57 bits per heavy atom. The first-order chi connectivity index (χ1) is 14.3. The molecule has 2 saturated heterocycles. The lowest BCUT2D eigenvalue weighted by Gasteiger charge is -2.37. The van der Waals surface area contributed by atoms with Gasteiger partial charge in [-0.2, -0.15) is 13.2 Å². The van der Waals surface area contributed by atoms with Gasteiger partial charge in [-0.05, 0) is 50.3 Å². The number of piperidine rings is 1. The molecule has 1 atom stereocenters. The van der Waals surface area contributed by atoms with Gasteiger partial charge in [0.15, 0.2) is 0 Å². The normalized spacial score (nSPS) is 22.5. The van der Waals surface area contributed by atoms with Crippen molar-refractivity contribution >= 4 is 16.8 Å². The highest BCUT2D eigenvalue weighted by Crippen LogP contribution is 2.31. The van der Waals surface area contributed by atoms with Crippen LogP contribution in [0.4, 0.5) is 13.2 Å². The van der Waals surface area contributed by atoms with E-state index in [1.807, 2.05) is 18.0 Å². The van der Waals surface area contributed by atoms with Crippen LogP contribution in [0.3, 0.4) is 0 Å². The van der Waals surface area contributed by atoms with E-state index in [0.29, 0.717) is 16.7 Å². The highest BCUT2D eigenvalue weighted by atomic mass is 19.4. The number of hydrogen-bond donors (Lipinski definition) is 0. The second-order valence-electron chi connectivity index (χ2n) is 8.37. The quantitative estimate of drug-likeness (QED) is 0.745. The number of fused-ring (bicyclic) bond motifs is 1. The van der Waals surface area contributed by atoms with E-state index in [-0.39, 0.29) is 18.1 Å². The molecule has 0 aliphatic carbocycles. The third-order valence-corrected chi connectivity index (χ3v) is 6.22. The first-order valence-corrected chi connectivity index (χ1v) is 10.6. The lowest BCUT2D eigenvalue weighted by atomic mass is 10.0. The summed E-state index contributed by atoms with van der Waals surface area (Å²) >= 11 is 0. The second kappa shape index (κ2) is 8.49. The van der Waals surface area contributed by atoms with Crippen molar-refractivity contribution in [2.24, 2.45) is 0 Å². The number of likely N-dealkylation sites (N-methyl/N-ethyl adjacent to an activating group) is 1. The molecule has 0 bridgehead atoms. The molecule has 2 fully saturated rings. The average molecular weight is 423 g/mol. The summed E-state index contributed by atoms with van der Waals surface area (Å²) in [6.07, 6.45) is 1.81. The minimum Gasteiger partial charge on any atom is -0.490 e. The van der Waals surface area contributed by atoms with Crippen molar-refractivity contribution in [1.29, 1.82) is 0 Å². The minimum atomic E-state index is -4.26. The van der Waals surface area contributed by atoms with Crippen LogP contribution in [0.1, 0.15) is 32.1 Å². The van der Waals surface area contributed by atoms with Gasteiger partial charge in [0.05, 0.1) is 11.6 Å². The number of carbonyl (C=O) groups is 1. The van der Waals surface area contributed by atoms with Gasteiger partial charge in [-0.15, -0.1) is 0 Å². The molecule has 0 radical (unpaired) electrons. The van der Waals surface area contributed by atoms with Crippen molar-refractivity contribution in [3.05, 3.63) is 30.5 Å². The Morgan fingerprint density at radius 1 is 1.07 bits per heavy atom. The minimum absolute atomic E-state index is 0.00331. The summed E-state index contributed by atoms with van der Waals surface area (Å²) in [5.41, 5.74) is 0.523. The Bertz CT molecular complexity index is 887. The summed E-state index contributed by atoms with van der Waals surface area (Å²) in [7, 11) is 1.88. The Kier molecular flexibility index (Phi) is 5.95. The summed E-state index contributed by atoms with van der Waals surface area (Å²) < 4.78 is 45.8. The maximum Gasteiger partial charge on any atom is 0.406 e. The summed E-state index contributed by atoms with van der Waals surface area (Å²) in [5, 5.41) is 0.699. The van der Waals surface area contributed by atoms with E-state index < -0.39 is 12.7 Å². The van der Waals surface area contributed by atoms with Crippen LogP contribution in [0, 0.1) is 0 Å². The largest absolute Gasteiger partial charge is 0.490 e. The molecule has 4 rings (SSSR count). The van der Waals surface area contributed by atoms with Gasteiger partial charge in [0, 0.05) is 38.3 Å². The number of halogens is 3. The zero-order valence-corrected chi connectivity index (χ0v) is 17.2. The van der Waals surface area contributed by atoms with Gasteiger partial charge in [-0.3, -0.25) is 9.69 Å². The van der Waals surface area contributed by atoms with Crippen LogP contribution < -0.4 is 4.74 Å². The first kappa shape index (κ1) is 21.0. The van der Waals surface area contributed by atoms with Crippen molar-refractivity contribution < 1.29 is 22.7 Å². The molecule has 1 aromatic heterocycles. The van der Waals surface area contributed by atoms with Gasteiger partial charge in [0.2, 0.25) is 5.91 Å². The topological polar surface area (TPSA) is 37.7 Å². The van der Waals surface area contributed by atoms with E-state index in [2.05, 4.69) is 4.90 Å².